The summed E-state index contributed by atoms with van der Waals surface area (Å²) in [6.45, 7) is 7.18. The van der Waals surface area contributed by atoms with E-state index in [1.165, 1.54) is 16.7 Å². The first kappa shape index (κ1) is 15.9. The Balaban J connectivity index is 2.58. The van der Waals surface area contributed by atoms with E-state index in [1.54, 1.807) is 7.11 Å². The number of hydrogen-bond donors (Lipinski definition) is 1. The Morgan fingerprint density at radius 2 is 1.95 bits per heavy atom. The second-order valence-electron chi connectivity index (χ2n) is 5.24. The van der Waals surface area contributed by atoms with Crippen molar-refractivity contribution >= 4 is 11.6 Å². The Bertz CT molecular complexity index is 625. The Labute approximate surface area is 132 Å². The van der Waals surface area contributed by atoms with Crippen LogP contribution in [0.25, 0.3) is 0 Å². The molecule has 0 spiro atoms. The highest BCUT2D eigenvalue weighted by atomic mass is 35.5. The van der Waals surface area contributed by atoms with Crippen molar-refractivity contribution in [3.63, 3.8) is 0 Å². The van der Waals surface area contributed by atoms with Gasteiger partial charge in [-0.05, 0) is 55.3 Å². The fourth-order valence-electron chi connectivity index (χ4n) is 2.76. The molecule has 0 aliphatic rings. The number of benzene rings is 2. The SMILES string of the molecule is CCNC(c1cccc(Cl)c1)c1c(C)cc(C)cc1OC. The largest absolute Gasteiger partial charge is 0.496 e. The van der Waals surface area contributed by atoms with E-state index >= 15 is 0 Å². The maximum Gasteiger partial charge on any atom is 0.124 e. The third-order valence-electron chi connectivity index (χ3n) is 3.59. The highest BCUT2D eigenvalue weighted by Crippen LogP contribution is 2.34. The van der Waals surface area contributed by atoms with Gasteiger partial charge >= 0.3 is 0 Å². The van der Waals surface area contributed by atoms with E-state index in [-0.39, 0.29) is 6.04 Å². The van der Waals surface area contributed by atoms with Crippen LogP contribution in [0.3, 0.4) is 0 Å². The van der Waals surface area contributed by atoms with E-state index in [9.17, 15) is 0 Å². The molecule has 1 atom stereocenters. The van der Waals surface area contributed by atoms with Crippen molar-refractivity contribution < 1.29 is 4.74 Å². The standard InChI is InChI=1S/C18H22ClNO/c1-5-20-18(14-7-6-8-15(19)11-14)17-13(3)9-12(2)10-16(17)21-4/h6-11,18,20H,5H2,1-4H3. The van der Waals surface area contributed by atoms with Gasteiger partial charge in [0.2, 0.25) is 0 Å². The fourth-order valence-corrected chi connectivity index (χ4v) is 2.95. The van der Waals surface area contributed by atoms with E-state index in [4.69, 9.17) is 16.3 Å². The Morgan fingerprint density at radius 1 is 1.19 bits per heavy atom. The average molecular weight is 304 g/mol. The van der Waals surface area contributed by atoms with Gasteiger partial charge in [-0.2, -0.15) is 0 Å². The minimum absolute atomic E-state index is 0.0734. The van der Waals surface area contributed by atoms with Crippen LogP contribution in [0.5, 0.6) is 5.75 Å². The first-order valence-corrected chi connectivity index (χ1v) is 7.58. The molecular weight excluding hydrogens is 282 g/mol. The summed E-state index contributed by atoms with van der Waals surface area (Å²) in [5.41, 5.74) is 4.74. The molecule has 0 heterocycles. The zero-order valence-electron chi connectivity index (χ0n) is 13.0. The lowest BCUT2D eigenvalue weighted by molar-refractivity contribution is 0.403. The molecule has 0 bridgehead atoms. The number of nitrogens with one attached hydrogen (secondary N) is 1. The monoisotopic (exact) mass is 303 g/mol. The quantitative estimate of drug-likeness (QED) is 0.867. The molecule has 2 rings (SSSR count). The smallest absolute Gasteiger partial charge is 0.124 e. The molecule has 2 nitrogen and oxygen atoms in total. The van der Waals surface area contributed by atoms with Crippen molar-refractivity contribution in [3.05, 3.63) is 63.7 Å². The summed E-state index contributed by atoms with van der Waals surface area (Å²) in [6, 6.07) is 12.3. The number of rotatable bonds is 5. The average Bonchev–Trinajstić information content (AvgIpc) is 2.44. The van der Waals surface area contributed by atoms with E-state index in [2.05, 4.69) is 44.3 Å². The lowest BCUT2D eigenvalue weighted by atomic mass is 9.92. The van der Waals surface area contributed by atoms with E-state index in [1.807, 2.05) is 18.2 Å². The highest BCUT2D eigenvalue weighted by molar-refractivity contribution is 6.30. The van der Waals surface area contributed by atoms with Crippen LogP contribution in [-0.2, 0) is 0 Å². The van der Waals surface area contributed by atoms with Gasteiger partial charge in [-0.15, -0.1) is 0 Å². The van der Waals surface area contributed by atoms with Gasteiger partial charge in [0.15, 0.2) is 0 Å². The van der Waals surface area contributed by atoms with Gasteiger partial charge in [0.05, 0.1) is 13.2 Å². The second-order valence-corrected chi connectivity index (χ2v) is 5.68. The summed E-state index contributed by atoms with van der Waals surface area (Å²) >= 11 is 6.16. The molecule has 0 fully saturated rings. The zero-order chi connectivity index (χ0) is 15.4. The summed E-state index contributed by atoms with van der Waals surface area (Å²) in [5.74, 6) is 0.915. The minimum Gasteiger partial charge on any atom is -0.496 e. The fraction of sp³-hybridized carbons (Fsp3) is 0.333. The van der Waals surface area contributed by atoms with Gasteiger partial charge in [0.1, 0.15) is 5.75 Å². The first-order chi connectivity index (χ1) is 10.1. The lowest BCUT2D eigenvalue weighted by Crippen LogP contribution is -2.23. The molecule has 21 heavy (non-hydrogen) atoms. The normalized spacial score (nSPS) is 12.2. The molecule has 3 heteroatoms. The molecule has 1 N–H and O–H groups in total. The van der Waals surface area contributed by atoms with Gasteiger partial charge in [-0.25, -0.2) is 0 Å². The van der Waals surface area contributed by atoms with Gasteiger partial charge in [-0.1, -0.05) is 36.7 Å². The van der Waals surface area contributed by atoms with Crippen LogP contribution in [0.1, 0.15) is 35.2 Å². The molecule has 0 saturated heterocycles. The summed E-state index contributed by atoms with van der Waals surface area (Å²) < 4.78 is 5.61. The number of hydrogen-bond acceptors (Lipinski definition) is 2. The van der Waals surface area contributed by atoms with Gasteiger partial charge in [0.25, 0.3) is 0 Å². The molecule has 0 aromatic heterocycles. The van der Waals surface area contributed by atoms with Crippen LogP contribution in [0.15, 0.2) is 36.4 Å². The van der Waals surface area contributed by atoms with Crippen molar-refractivity contribution in [1.82, 2.24) is 5.32 Å². The van der Waals surface area contributed by atoms with Crippen molar-refractivity contribution in [3.8, 4) is 5.75 Å². The molecule has 2 aromatic rings. The van der Waals surface area contributed by atoms with Gasteiger partial charge in [0, 0.05) is 10.6 Å². The van der Waals surface area contributed by atoms with Crippen LogP contribution >= 0.6 is 11.6 Å². The van der Waals surface area contributed by atoms with Crippen molar-refractivity contribution in [2.24, 2.45) is 0 Å². The molecule has 112 valence electrons. The summed E-state index contributed by atoms with van der Waals surface area (Å²) in [5, 5.41) is 4.29. The maximum absolute atomic E-state index is 6.16. The third kappa shape index (κ3) is 3.58. The van der Waals surface area contributed by atoms with Crippen molar-refractivity contribution in [1.29, 1.82) is 0 Å². The van der Waals surface area contributed by atoms with Crippen molar-refractivity contribution in [2.45, 2.75) is 26.8 Å². The topological polar surface area (TPSA) is 21.3 Å². The summed E-state index contributed by atoms with van der Waals surface area (Å²) in [6.07, 6.45) is 0. The predicted molar refractivity (Wildman–Crippen MR) is 89.4 cm³/mol. The molecule has 1 unspecified atom stereocenters. The van der Waals surface area contributed by atoms with E-state index < -0.39 is 0 Å². The molecular formula is C18H22ClNO. The number of halogens is 1. The lowest BCUT2D eigenvalue weighted by Gasteiger charge is -2.24. The van der Waals surface area contributed by atoms with Gasteiger partial charge < -0.3 is 10.1 Å². The molecule has 2 aromatic carbocycles. The van der Waals surface area contributed by atoms with E-state index in [0.29, 0.717) is 0 Å². The third-order valence-corrected chi connectivity index (χ3v) is 3.83. The number of aryl methyl sites for hydroxylation is 2. The molecule has 0 radical (unpaired) electrons. The first-order valence-electron chi connectivity index (χ1n) is 7.20. The second kappa shape index (κ2) is 6.97. The Hall–Kier alpha value is -1.51. The minimum atomic E-state index is 0.0734. The van der Waals surface area contributed by atoms with Crippen LogP contribution in [0.4, 0.5) is 0 Å². The molecule has 0 aliphatic carbocycles. The van der Waals surface area contributed by atoms with Crippen LogP contribution in [0, 0.1) is 13.8 Å². The van der Waals surface area contributed by atoms with Crippen LogP contribution in [-0.4, -0.2) is 13.7 Å². The summed E-state index contributed by atoms with van der Waals surface area (Å²) in [7, 11) is 1.72. The van der Waals surface area contributed by atoms with Crippen LogP contribution < -0.4 is 10.1 Å². The number of methoxy groups -OCH3 is 1. The van der Waals surface area contributed by atoms with E-state index in [0.717, 1.165) is 22.9 Å². The van der Waals surface area contributed by atoms with Crippen LogP contribution in [0.2, 0.25) is 5.02 Å². The zero-order valence-corrected chi connectivity index (χ0v) is 13.8. The molecule has 0 saturated carbocycles. The predicted octanol–water partition coefficient (Wildman–Crippen LogP) is 4.66. The van der Waals surface area contributed by atoms with Crippen molar-refractivity contribution in [2.75, 3.05) is 13.7 Å². The maximum atomic E-state index is 6.16. The Morgan fingerprint density at radius 3 is 2.57 bits per heavy atom. The Kier molecular flexibility index (Phi) is 5.27. The highest BCUT2D eigenvalue weighted by Gasteiger charge is 2.20. The number of ether oxygens (including phenoxy) is 1. The van der Waals surface area contributed by atoms with Gasteiger partial charge in [-0.3, -0.25) is 0 Å². The summed E-state index contributed by atoms with van der Waals surface area (Å²) in [4.78, 5) is 0. The molecule has 0 amide bonds. The molecule has 0 aliphatic heterocycles.